The van der Waals surface area contributed by atoms with Crippen molar-refractivity contribution in [3.05, 3.63) is 58.1 Å². The van der Waals surface area contributed by atoms with E-state index in [0.717, 1.165) is 4.47 Å². The summed E-state index contributed by atoms with van der Waals surface area (Å²) in [6.45, 7) is 0. The van der Waals surface area contributed by atoms with Gasteiger partial charge in [0.1, 0.15) is 0 Å². The van der Waals surface area contributed by atoms with Crippen LogP contribution in [0.15, 0.2) is 46.9 Å². The van der Waals surface area contributed by atoms with E-state index in [4.69, 9.17) is 0 Å². The number of carbonyl (C=O) groups is 2. The molecular weight excluding hydrogens is 334 g/mol. The Morgan fingerprint density at radius 1 is 0.952 bits per heavy atom. The van der Waals surface area contributed by atoms with E-state index in [1.165, 1.54) is 0 Å². The zero-order valence-corrected chi connectivity index (χ0v) is 12.3. The van der Waals surface area contributed by atoms with E-state index < -0.39 is 5.66 Å². The lowest BCUT2D eigenvalue weighted by atomic mass is 9.96. The van der Waals surface area contributed by atoms with Crippen LogP contribution in [0.1, 0.15) is 15.9 Å². The lowest BCUT2D eigenvalue weighted by Crippen LogP contribution is -2.59. The second kappa shape index (κ2) is 4.08. The van der Waals surface area contributed by atoms with Crippen molar-refractivity contribution in [2.45, 2.75) is 5.66 Å². The first-order chi connectivity index (χ1) is 10.1. The summed E-state index contributed by atoms with van der Waals surface area (Å²) >= 11 is 3.40. The summed E-state index contributed by atoms with van der Waals surface area (Å²) in [5, 5.41) is 8.77. The Kier molecular flexibility index (Phi) is 2.41. The van der Waals surface area contributed by atoms with Crippen LogP contribution < -0.4 is 16.0 Å². The molecule has 6 heteroatoms. The average molecular weight is 344 g/mol. The predicted molar refractivity (Wildman–Crippen MR) is 82.0 cm³/mol. The molecule has 2 aliphatic heterocycles. The highest BCUT2D eigenvalue weighted by Gasteiger charge is 2.51. The van der Waals surface area contributed by atoms with Gasteiger partial charge in [-0.1, -0.05) is 28.1 Å². The summed E-state index contributed by atoms with van der Waals surface area (Å²) in [5.74, 6) is -0.564. The third kappa shape index (κ3) is 1.62. The van der Waals surface area contributed by atoms with Crippen LogP contribution in [0, 0.1) is 0 Å². The normalized spacial score (nSPS) is 22.1. The van der Waals surface area contributed by atoms with Crippen LogP contribution in [0.3, 0.4) is 0 Å². The maximum Gasteiger partial charge on any atom is 0.275 e. The number of fused-ring (bicyclic) bond motifs is 3. The van der Waals surface area contributed by atoms with Gasteiger partial charge in [-0.2, -0.15) is 0 Å². The van der Waals surface area contributed by atoms with Crippen molar-refractivity contribution in [2.24, 2.45) is 0 Å². The molecule has 4 rings (SSSR count). The van der Waals surface area contributed by atoms with Crippen molar-refractivity contribution in [1.82, 2.24) is 5.32 Å². The van der Waals surface area contributed by atoms with E-state index >= 15 is 0 Å². The first-order valence-corrected chi connectivity index (χ1v) is 7.21. The highest BCUT2D eigenvalue weighted by atomic mass is 79.9. The largest absolute Gasteiger partial charge is 0.350 e. The third-order valence-electron chi connectivity index (χ3n) is 3.77. The molecule has 3 N–H and O–H groups in total. The van der Waals surface area contributed by atoms with Gasteiger partial charge in [-0.3, -0.25) is 9.59 Å². The minimum Gasteiger partial charge on any atom is -0.350 e. The molecule has 0 saturated carbocycles. The number of hydrogen-bond acceptors (Lipinski definition) is 3. The molecule has 0 aromatic heterocycles. The fraction of sp³-hybridized carbons (Fsp3) is 0.0667. The van der Waals surface area contributed by atoms with Gasteiger partial charge in [0.15, 0.2) is 0 Å². The van der Waals surface area contributed by atoms with Crippen molar-refractivity contribution in [3.63, 3.8) is 0 Å². The van der Waals surface area contributed by atoms with Crippen molar-refractivity contribution >= 4 is 39.1 Å². The Bertz CT molecular complexity index is 805. The molecule has 0 fully saturated rings. The molecule has 1 atom stereocenters. The molecule has 2 heterocycles. The van der Waals surface area contributed by atoms with Gasteiger partial charge < -0.3 is 16.0 Å². The highest BCUT2D eigenvalue weighted by Crippen LogP contribution is 2.41. The van der Waals surface area contributed by atoms with E-state index in [1.54, 1.807) is 24.3 Å². The summed E-state index contributed by atoms with van der Waals surface area (Å²) in [7, 11) is 0. The lowest BCUT2D eigenvalue weighted by molar-refractivity contribution is -0.120. The number of para-hydroxylation sites is 1. The lowest BCUT2D eigenvalue weighted by Gasteiger charge is -2.35. The molecule has 104 valence electrons. The number of carbonyl (C=O) groups excluding carboxylic acids is 2. The van der Waals surface area contributed by atoms with Gasteiger partial charge in [-0.05, 0) is 30.3 Å². The van der Waals surface area contributed by atoms with Gasteiger partial charge in [-0.25, -0.2) is 0 Å². The summed E-state index contributed by atoms with van der Waals surface area (Å²) in [5.41, 5.74) is 1.30. The molecule has 0 saturated heterocycles. The van der Waals surface area contributed by atoms with E-state index in [9.17, 15) is 9.59 Å². The molecule has 0 unspecified atom stereocenters. The molecule has 1 spiro atoms. The highest BCUT2D eigenvalue weighted by molar-refractivity contribution is 9.10. The van der Waals surface area contributed by atoms with Crippen molar-refractivity contribution < 1.29 is 9.59 Å². The molecule has 5 nitrogen and oxygen atoms in total. The number of amides is 2. The molecule has 2 amide bonds. The third-order valence-corrected chi connectivity index (χ3v) is 4.26. The Morgan fingerprint density at radius 3 is 2.62 bits per heavy atom. The molecule has 0 aliphatic carbocycles. The van der Waals surface area contributed by atoms with Crippen molar-refractivity contribution in [2.75, 3.05) is 10.6 Å². The number of rotatable bonds is 0. The van der Waals surface area contributed by atoms with Crippen LogP contribution in [0.4, 0.5) is 11.4 Å². The van der Waals surface area contributed by atoms with E-state index in [2.05, 4.69) is 31.9 Å². The van der Waals surface area contributed by atoms with Gasteiger partial charge in [0.05, 0.1) is 5.56 Å². The van der Waals surface area contributed by atoms with Crippen LogP contribution >= 0.6 is 15.9 Å². The predicted octanol–water partition coefficient (Wildman–Crippen LogP) is 2.41. The average Bonchev–Trinajstić information content (AvgIpc) is 2.72. The van der Waals surface area contributed by atoms with E-state index in [-0.39, 0.29) is 11.8 Å². The van der Waals surface area contributed by atoms with Gasteiger partial charge in [0.2, 0.25) is 5.66 Å². The Labute approximate surface area is 128 Å². The molecule has 21 heavy (non-hydrogen) atoms. The minimum atomic E-state index is -1.26. The molecule has 2 aliphatic rings. The molecule has 0 radical (unpaired) electrons. The van der Waals surface area contributed by atoms with Crippen LogP contribution in [0.2, 0.25) is 0 Å². The summed E-state index contributed by atoms with van der Waals surface area (Å²) in [4.78, 5) is 24.8. The molecule has 2 aromatic carbocycles. The summed E-state index contributed by atoms with van der Waals surface area (Å²) < 4.78 is 0.840. The first-order valence-electron chi connectivity index (χ1n) is 6.41. The fourth-order valence-electron chi connectivity index (χ4n) is 2.78. The van der Waals surface area contributed by atoms with Crippen molar-refractivity contribution in [3.8, 4) is 0 Å². The Morgan fingerprint density at radius 2 is 1.76 bits per heavy atom. The Hall–Kier alpha value is -2.34. The second-order valence-electron chi connectivity index (χ2n) is 5.02. The number of halogens is 1. The van der Waals surface area contributed by atoms with E-state index in [0.29, 0.717) is 22.5 Å². The smallest absolute Gasteiger partial charge is 0.275 e. The topological polar surface area (TPSA) is 70.2 Å². The monoisotopic (exact) mass is 343 g/mol. The second-order valence-corrected chi connectivity index (χ2v) is 5.93. The quantitative estimate of drug-likeness (QED) is 0.687. The number of nitrogens with one attached hydrogen (secondary N) is 3. The van der Waals surface area contributed by atoms with Crippen molar-refractivity contribution in [1.29, 1.82) is 0 Å². The fourth-order valence-corrected chi connectivity index (χ4v) is 3.14. The first kappa shape index (κ1) is 12.4. The van der Waals surface area contributed by atoms with Gasteiger partial charge >= 0.3 is 0 Å². The van der Waals surface area contributed by atoms with E-state index in [1.807, 2.05) is 18.2 Å². The van der Waals surface area contributed by atoms with Gasteiger partial charge in [-0.15, -0.1) is 0 Å². The minimum absolute atomic E-state index is 0.271. The zero-order chi connectivity index (χ0) is 14.6. The van der Waals surface area contributed by atoms with Crippen LogP contribution in [0.25, 0.3) is 0 Å². The number of anilines is 2. The van der Waals surface area contributed by atoms with Crippen LogP contribution in [0.5, 0.6) is 0 Å². The Balaban J connectivity index is 1.93. The zero-order valence-electron chi connectivity index (χ0n) is 10.7. The SMILES string of the molecule is O=C1N[C@@]2(Nc3ccccc31)C(=O)Nc1ccc(Br)cc12. The molecule has 2 aromatic rings. The summed E-state index contributed by atoms with van der Waals surface area (Å²) in [6, 6.07) is 12.6. The van der Waals surface area contributed by atoms with Gasteiger partial charge in [0, 0.05) is 21.4 Å². The molecular formula is C15H10BrN3O2. The van der Waals surface area contributed by atoms with Gasteiger partial charge in [0.25, 0.3) is 11.8 Å². The standard InChI is InChI=1S/C15H10BrN3O2/c16-8-5-6-12-10(7-8)15(14(21)17-12)18-11-4-2-1-3-9(11)13(20)19-15/h1-7,18H,(H,17,21)(H,19,20)/t15-/m1/s1. The molecule has 0 bridgehead atoms. The summed E-state index contributed by atoms with van der Waals surface area (Å²) in [6.07, 6.45) is 0. The number of hydrogen-bond donors (Lipinski definition) is 3. The number of benzene rings is 2. The van der Waals surface area contributed by atoms with Crippen LogP contribution in [-0.4, -0.2) is 11.8 Å². The van der Waals surface area contributed by atoms with Crippen LogP contribution in [-0.2, 0) is 10.5 Å². The maximum atomic E-state index is 12.5. The maximum absolute atomic E-state index is 12.5.